The molecule has 0 aliphatic heterocycles. The zero-order valence-corrected chi connectivity index (χ0v) is 8.26. The summed E-state index contributed by atoms with van der Waals surface area (Å²) in [6.07, 6.45) is 0.528. The maximum absolute atomic E-state index is 13.2. The first-order valence-corrected chi connectivity index (χ1v) is 4.42. The van der Waals surface area contributed by atoms with E-state index >= 15 is 0 Å². The number of aromatic hydroxyl groups is 2. The summed E-state index contributed by atoms with van der Waals surface area (Å²) in [5, 5.41) is 21.5. The molecule has 0 radical (unpaired) electrons. The van der Waals surface area contributed by atoms with Gasteiger partial charge in [-0.1, -0.05) is 0 Å². The van der Waals surface area contributed by atoms with Gasteiger partial charge in [0.1, 0.15) is 0 Å². The molecular weight excluding hydrogens is 185 g/mol. The van der Waals surface area contributed by atoms with Crippen LogP contribution in [0, 0.1) is 12.7 Å². The van der Waals surface area contributed by atoms with Crippen molar-refractivity contribution in [3.8, 4) is 11.5 Å². The molecule has 0 heterocycles. The fraction of sp³-hybridized carbons (Fsp3) is 0.400. The van der Waals surface area contributed by atoms with Gasteiger partial charge in [0.05, 0.1) is 0 Å². The molecule has 1 aromatic rings. The Labute approximate surface area is 82.2 Å². The van der Waals surface area contributed by atoms with Gasteiger partial charge in [0, 0.05) is 0 Å². The van der Waals surface area contributed by atoms with Crippen molar-refractivity contribution in [2.24, 2.45) is 0 Å². The van der Waals surface area contributed by atoms with Crippen LogP contribution in [0.25, 0.3) is 0 Å². The lowest BCUT2D eigenvalue weighted by Gasteiger charge is -2.08. The maximum atomic E-state index is 13.2. The highest BCUT2D eigenvalue weighted by Gasteiger charge is 2.14. The molecule has 0 unspecified atom stereocenters. The summed E-state index contributed by atoms with van der Waals surface area (Å²) in [7, 11) is 1.78. The first-order chi connectivity index (χ1) is 6.57. The number of benzene rings is 1. The fourth-order valence-electron chi connectivity index (χ4n) is 1.27. The molecule has 14 heavy (non-hydrogen) atoms. The quantitative estimate of drug-likeness (QED) is 0.688. The van der Waals surface area contributed by atoms with Crippen LogP contribution in [0.1, 0.15) is 11.1 Å². The minimum atomic E-state index is -0.934. The van der Waals surface area contributed by atoms with Gasteiger partial charge < -0.3 is 15.5 Å². The van der Waals surface area contributed by atoms with E-state index in [9.17, 15) is 14.6 Å². The van der Waals surface area contributed by atoms with Crippen molar-refractivity contribution in [1.82, 2.24) is 5.32 Å². The van der Waals surface area contributed by atoms with Crippen molar-refractivity contribution < 1.29 is 14.6 Å². The van der Waals surface area contributed by atoms with E-state index in [1.54, 1.807) is 20.0 Å². The molecule has 0 amide bonds. The lowest BCUT2D eigenvalue weighted by atomic mass is 10.1. The van der Waals surface area contributed by atoms with Crippen molar-refractivity contribution in [1.29, 1.82) is 0 Å². The van der Waals surface area contributed by atoms with E-state index in [-0.39, 0.29) is 0 Å². The Morgan fingerprint density at radius 2 is 2.00 bits per heavy atom. The van der Waals surface area contributed by atoms with Crippen LogP contribution in [-0.4, -0.2) is 23.8 Å². The van der Waals surface area contributed by atoms with Crippen molar-refractivity contribution in [3.05, 3.63) is 23.0 Å². The first kappa shape index (κ1) is 10.8. The van der Waals surface area contributed by atoms with Crippen LogP contribution in [0.5, 0.6) is 11.5 Å². The third kappa shape index (κ3) is 1.96. The number of rotatable bonds is 3. The number of halogens is 1. The number of phenols is 2. The molecule has 0 atom stereocenters. The molecule has 0 saturated heterocycles. The predicted molar refractivity (Wildman–Crippen MR) is 52.1 cm³/mol. The van der Waals surface area contributed by atoms with E-state index < -0.39 is 17.3 Å². The third-order valence-corrected chi connectivity index (χ3v) is 2.13. The average molecular weight is 199 g/mol. The van der Waals surface area contributed by atoms with Crippen molar-refractivity contribution in [2.75, 3.05) is 13.6 Å². The summed E-state index contributed by atoms with van der Waals surface area (Å²) in [5.74, 6) is -1.87. The average Bonchev–Trinajstić information content (AvgIpc) is 2.18. The summed E-state index contributed by atoms with van der Waals surface area (Å²) >= 11 is 0. The standard InChI is InChI=1S/C10H14FNO2/c1-6-5-7(3-4-12-2)10(14)8(11)9(6)13/h5,12-14H,3-4H2,1-2H3. The second kappa shape index (κ2) is 4.28. The summed E-state index contributed by atoms with van der Waals surface area (Å²) in [6, 6.07) is 1.59. The number of phenolic OH excluding ortho intramolecular Hbond substituents is 2. The van der Waals surface area contributed by atoms with Crippen LogP contribution in [0.4, 0.5) is 4.39 Å². The number of aryl methyl sites for hydroxylation is 1. The Morgan fingerprint density at radius 3 is 2.57 bits per heavy atom. The van der Waals surface area contributed by atoms with Gasteiger partial charge in [0.15, 0.2) is 11.5 Å². The second-order valence-electron chi connectivity index (χ2n) is 3.22. The minimum Gasteiger partial charge on any atom is -0.505 e. The molecule has 1 aromatic carbocycles. The van der Waals surface area contributed by atoms with Gasteiger partial charge in [-0.05, 0) is 44.1 Å². The van der Waals surface area contributed by atoms with E-state index in [1.165, 1.54) is 0 Å². The summed E-state index contributed by atoms with van der Waals surface area (Å²) in [5.41, 5.74) is 0.943. The molecule has 0 bridgehead atoms. The summed E-state index contributed by atoms with van der Waals surface area (Å²) in [6.45, 7) is 2.25. The zero-order chi connectivity index (χ0) is 10.7. The predicted octanol–water partition coefficient (Wildman–Crippen LogP) is 1.31. The van der Waals surface area contributed by atoms with Crippen molar-refractivity contribution >= 4 is 0 Å². The van der Waals surface area contributed by atoms with E-state index in [0.717, 1.165) is 0 Å². The minimum absolute atomic E-state index is 0.436. The van der Waals surface area contributed by atoms with Gasteiger partial charge in [-0.3, -0.25) is 0 Å². The fourth-order valence-corrected chi connectivity index (χ4v) is 1.27. The Balaban J connectivity index is 3.06. The molecule has 78 valence electrons. The van der Waals surface area contributed by atoms with E-state index in [1.807, 2.05) is 0 Å². The Bertz CT molecular complexity index is 339. The Hall–Kier alpha value is -1.29. The molecule has 1 rings (SSSR count). The van der Waals surface area contributed by atoms with Crippen LogP contribution >= 0.6 is 0 Å². The van der Waals surface area contributed by atoms with E-state index in [4.69, 9.17) is 0 Å². The monoisotopic (exact) mass is 199 g/mol. The summed E-state index contributed by atoms with van der Waals surface area (Å²) < 4.78 is 13.2. The van der Waals surface area contributed by atoms with E-state index in [0.29, 0.717) is 24.1 Å². The number of hydrogen-bond donors (Lipinski definition) is 3. The van der Waals surface area contributed by atoms with Gasteiger partial charge in [-0.2, -0.15) is 4.39 Å². The molecule has 3 nitrogen and oxygen atoms in total. The molecule has 0 aromatic heterocycles. The second-order valence-corrected chi connectivity index (χ2v) is 3.22. The molecule has 0 spiro atoms. The highest BCUT2D eigenvalue weighted by molar-refractivity contribution is 5.46. The SMILES string of the molecule is CNCCc1cc(C)c(O)c(F)c1O. The van der Waals surface area contributed by atoms with Crippen LogP contribution < -0.4 is 5.32 Å². The van der Waals surface area contributed by atoms with Crippen LogP contribution in [0.15, 0.2) is 6.07 Å². The third-order valence-electron chi connectivity index (χ3n) is 2.13. The number of likely N-dealkylation sites (N-methyl/N-ethyl adjacent to an activating group) is 1. The van der Waals surface area contributed by atoms with Crippen molar-refractivity contribution in [3.63, 3.8) is 0 Å². The molecule has 3 N–H and O–H groups in total. The lowest BCUT2D eigenvalue weighted by Crippen LogP contribution is -2.10. The normalized spacial score (nSPS) is 10.5. The largest absolute Gasteiger partial charge is 0.505 e. The van der Waals surface area contributed by atoms with Crippen LogP contribution in [0.3, 0.4) is 0 Å². The molecule has 0 saturated carbocycles. The van der Waals surface area contributed by atoms with Gasteiger partial charge in [-0.25, -0.2) is 0 Å². The Kier molecular flexibility index (Phi) is 3.30. The lowest BCUT2D eigenvalue weighted by molar-refractivity contribution is 0.382. The smallest absolute Gasteiger partial charge is 0.206 e. The van der Waals surface area contributed by atoms with Crippen LogP contribution in [0.2, 0.25) is 0 Å². The first-order valence-electron chi connectivity index (χ1n) is 4.42. The maximum Gasteiger partial charge on any atom is 0.206 e. The highest BCUT2D eigenvalue weighted by atomic mass is 19.1. The Morgan fingerprint density at radius 1 is 1.36 bits per heavy atom. The molecule has 4 heteroatoms. The highest BCUT2D eigenvalue weighted by Crippen LogP contribution is 2.31. The molecule has 0 aliphatic rings. The zero-order valence-electron chi connectivity index (χ0n) is 8.26. The number of hydrogen-bond acceptors (Lipinski definition) is 3. The molecule has 0 aliphatic carbocycles. The van der Waals surface area contributed by atoms with E-state index in [2.05, 4.69) is 5.32 Å². The molecular formula is C10H14FNO2. The van der Waals surface area contributed by atoms with Crippen molar-refractivity contribution in [2.45, 2.75) is 13.3 Å². The van der Waals surface area contributed by atoms with Gasteiger partial charge in [0.2, 0.25) is 5.82 Å². The van der Waals surface area contributed by atoms with Gasteiger partial charge in [-0.15, -0.1) is 0 Å². The topological polar surface area (TPSA) is 52.5 Å². The number of nitrogens with one attached hydrogen (secondary N) is 1. The van der Waals surface area contributed by atoms with Crippen LogP contribution in [-0.2, 0) is 6.42 Å². The van der Waals surface area contributed by atoms with Gasteiger partial charge >= 0.3 is 0 Å². The molecule has 0 fully saturated rings. The summed E-state index contributed by atoms with van der Waals surface area (Å²) in [4.78, 5) is 0. The van der Waals surface area contributed by atoms with Gasteiger partial charge in [0.25, 0.3) is 0 Å².